The molecule has 0 bridgehead atoms. The van der Waals surface area contributed by atoms with Gasteiger partial charge in [-0.1, -0.05) is 58.3 Å². The molecule has 0 saturated heterocycles. The third-order valence-corrected chi connectivity index (χ3v) is 10.2. The van der Waals surface area contributed by atoms with Crippen LogP contribution in [0, 0.1) is 5.92 Å². The van der Waals surface area contributed by atoms with Crippen LogP contribution in [0.4, 0.5) is 0 Å². The Morgan fingerprint density at radius 2 is 1.12 bits per heavy atom. The fraction of sp³-hybridized carbons (Fsp3) is 0.698. The molecule has 1 aromatic rings. The number of aromatic carboxylic acids is 1. The molecule has 0 aliphatic carbocycles. The molecule has 0 radical (unpaired) electrons. The quantitative estimate of drug-likeness (QED) is 0.0431. The van der Waals surface area contributed by atoms with Gasteiger partial charge in [0.25, 0.3) is 0 Å². The van der Waals surface area contributed by atoms with E-state index >= 15 is 0 Å². The van der Waals surface area contributed by atoms with E-state index in [1.807, 2.05) is 6.92 Å². The van der Waals surface area contributed by atoms with Gasteiger partial charge < -0.3 is 42.4 Å². The van der Waals surface area contributed by atoms with Crippen LogP contribution >= 0.6 is 0 Å². The van der Waals surface area contributed by atoms with Gasteiger partial charge in [0.05, 0.1) is 24.3 Å². The lowest BCUT2D eigenvalue weighted by atomic mass is 10.0. The number of Topliss-reactive ketones (excluding diaryl/α,β-unsaturated/α-hetero) is 2. The smallest absolute Gasteiger partial charge is 0.335 e. The lowest BCUT2D eigenvalue weighted by Gasteiger charge is -2.14. The Hall–Kier alpha value is -4.37. The number of benzene rings is 1. The molecule has 15 heteroatoms. The van der Waals surface area contributed by atoms with E-state index in [2.05, 4.69) is 16.0 Å². The summed E-state index contributed by atoms with van der Waals surface area (Å²) >= 11 is 0. The molecule has 58 heavy (non-hydrogen) atoms. The first-order chi connectivity index (χ1) is 27.7. The highest BCUT2D eigenvalue weighted by molar-refractivity contribution is 5.87. The Morgan fingerprint density at radius 1 is 0.621 bits per heavy atom. The zero-order chi connectivity index (χ0) is 43.1. The van der Waals surface area contributed by atoms with Gasteiger partial charge in [-0.05, 0) is 95.4 Å². The molecule has 1 aromatic carbocycles. The Balaban J connectivity index is 2.05. The van der Waals surface area contributed by atoms with Crippen LogP contribution in [0.15, 0.2) is 24.3 Å². The molecular weight excluding hydrogens is 746 g/mol. The molecule has 0 aliphatic heterocycles. The van der Waals surface area contributed by atoms with Gasteiger partial charge in [-0.15, -0.1) is 0 Å². The standard InChI is InChI=1S/C43H71N5O10/c1-31(32(2)49)17-12-14-28-46-41(53)37(45)20-13-15-29-47-40(52)36(44)19-10-8-9-18-34(50)24-27-38(43(56)57)48-39(51)21-11-6-4-3-5-7-16-30-58-35-25-22-33(23-26-35)42(54)55/h22-23,25-26,31,36-38H,3-21,24,27-30,44-45H2,1-2H3,(H,46,53)(H,47,52)(H,48,51)(H,54,55)(H,56,57)/t31-,36-,37-,38-/m0/s1. The van der Waals surface area contributed by atoms with E-state index in [9.17, 15) is 38.7 Å². The van der Waals surface area contributed by atoms with E-state index in [1.165, 1.54) is 12.1 Å². The average Bonchev–Trinajstić information content (AvgIpc) is 3.19. The first kappa shape index (κ1) is 51.6. The molecule has 0 spiro atoms. The molecule has 0 unspecified atom stereocenters. The molecule has 328 valence electrons. The van der Waals surface area contributed by atoms with Gasteiger partial charge in [-0.25, -0.2) is 9.59 Å². The van der Waals surface area contributed by atoms with Crippen LogP contribution in [0.5, 0.6) is 5.75 Å². The van der Waals surface area contributed by atoms with Gasteiger partial charge in [-0.3, -0.25) is 24.0 Å². The summed E-state index contributed by atoms with van der Waals surface area (Å²) in [5.41, 5.74) is 12.2. The third kappa shape index (κ3) is 25.8. The van der Waals surface area contributed by atoms with Gasteiger partial charge in [0.2, 0.25) is 17.7 Å². The number of carboxylic acid groups (broad SMARTS) is 2. The maximum Gasteiger partial charge on any atom is 0.335 e. The monoisotopic (exact) mass is 818 g/mol. The fourth-order valence-electron chi connectivity index (χ4n) is 6.19. The first-order valence-corrected chi connectivity index (χ1v) is 21.3. The number of carbonyl (C=O) groups is 7. The van der Waals surface area contributed by atoms with Crippen molar-refractivity contribution in [1.82, 2.24) is 16.0 Å². The zero-order valence-corrected chi connectivity index (χ0v) is 34.9. The largest absolute Gasteiger partial charge is 0.494 e. The highest BCUT2D eigenvalue weighted by Crippen LogP contribution is 2.15. The second kappa shape index (κ2) is 31.6. The van der Waals surface area contributed by atoms with Crippen LogP contribution in [0.3, 0.4) is 0 Å². The molecule has 9 N–H and O–H groups in total. The zero-order valence-electron chi connectivity index (χ0n) is 34.9. The van der Waals surface area contributed by atoms with Crippen LogP contribution in [-0.4, -0.2) is 89.3 Å². The predicted molar refractivity (Wildman–Crippen MR) is 222 cm³/mol. The fourth-order valence-corrected chi connectivity index (χ4v) is 6.19. The second-order valence-electron chi connectivity index (χ2n) is 15.3. The Bertz CT molecular complexity index is 1390. The Morgan fingerprint density at radius 3 is 1.67 bits per heavy atom. The van der Waals surface area contributed by atoms with Crippen molar-refractivity contribution in [3.63, 3.8) is 0 Å². The van der Waals surface area contributed by atoms with Crippen molar-refractivity contribution in [2.24, 2.45) is 17.4 Å². The molecule has 0 fully saturated rings. The molecular formula is C43H71N5O10. The summed E-state index contributed by atoms with van der Waals surface area (Å²) in [6, 6.07) is 3.92. The summed E-state index contributed by atoms with van der Waals surface area (Å²) in [6.07, 6.45) is 13.7. The lowest BCUT2D eigenvalue weighted by Crippen LogP contribution is -2.41. The number of hydrogen-bond acceptors (Lipinski definition) is 10. The molecule has 1 rings (SSSR count). The van der Waals surface area contributed by atoms with Crippen LogP contribution in [0.1, 0.15) is 159 Å². The molecule has 4 atom stereocenters. The second-order valence-corrected chi connectivity index (χ2v) is 15.3. The summed E-state index contributed by atoms with van der Waals surface area (Å²) < 4.78 is 5.64. The van der Waals surface area contributed by atoms with E-state index in [-0.39, 0.29) is 66.5 Å². The Kier molecular flexibility index (Phi) is 28.1. The SMILES string of the molecule is CC(=O)[C@@H](C)CCCCNC(=O)[C@@H](N)CCCCNC(=O)[C@@H](N)CCCCCC(=O)CC[C@H](NC(=O)CCCCCCCCCOc1ccc(C(=O)O)cc1)C(=O)O. The maximum atomic E-state index is 12.4. The van der Waals surface area contributed by atoms with Crippen molar-refractivity contribution < 1.29 is 48.5 Å². The summed E-state index contributed by atoms with van der Waals surface area (Å²) in [6.45, 7) is 5.00. The van der Waals surface area contributed by atoms with E-state index in [1.54, 1.807) is 19.1 Å². The van der Waals surface area contributed by atoms with Crippen molar-refractivity contribution in [3.8, 4) is 5.75 Å². The normalized spacial score (nSPS) is 13.1. The van der Waals surface area contributed by atoms with E-state index in [0.29, 0.717) is 76.8 Å². The highest BCUT2D eigenvalue weighted by Gasteiger charge is 2.21. The van der Waals surface area contributed by atoms with Crippen LogP contribution < -0.4 is 32.2 Å². The van der Waals surface area contributed by atoms with Crippen molar-refractivity contribution in [3.05, 3.63) is 29.8 Å². The van der Waals surface area contributed by atoms with Crippen molar-refractivity contribution in [1.29, 1.82) is 0 Å². The third-order valence-electron chi connectivity index (χ3n) is 10.2. The summed E-state index contributed by atoms with van der Waals surface area (Å²) in [7, 11) is 0. The van der Waals surface area contributed by atoms with Crippen molar-refractivity contribution in [2.75, 3.05) is 19.7 Å². The number of amides is 3. The number of carboxylic acids is 2. The molecule has 0 aromatic heterocycles. The van der Waals surface area contributed by atoms with Crippen molar-refractivity contribution in [2.45, 2.75) is 167 Å². The molecule has 0 saturated carbocycles. The Labute approximate surface area is 344 Å². The van der Waals surface area contributed by atoms with Gasteiger partial charge >= 0.3 is 11.9 Å². The van der Waals surface area contributed by atoms with Gasteiger partial charge in [0.1, 0.15) is 23.4 Å². The van der Waals surface area contributed by atoms with E-state index in [0.717, 1.165) is 57.8 Å². The van der Waals surface area contributed by atoms with Crippen molar-refractivity contribution >= 4 is 41.2 Å². The minimum absolute atomic E-state index is 0.0327. The number of nitrogens with two attached hydrogens (primary N) is 2. The number of aliphatic carboxylic acids is 1. The molecule has 0 heterocycles. The predicted octanol–water partition coefficient (Wildman–Crippen LogP) is 5.21. The number of ether oxygens (including phenoxy) is 1. The van der Waals surface area contributed by atoms with Gasteiger partial charge in [-0.2, -0.15) is 0 Å². The number of hydrogen-bond donors (Lipinski definition) is 7. The van der Waals surface area contributed by atoms with Crippen LogP contribution in [0.2, 0.25) is 0 Å². The maximum absolute atomic E-state index is 12.4. The topological polar surface area (TPSA) is 257 Å². The minimum atomic E-state index is -1.17. The lowest BCUT2D eigenvalue weighted by molar-refractivity contribution is -0.142. The molecule has 0 aliphatic rings. The molecule has 3 amide bonds. The van der Waals surface area contributed by atoms with E-state index < -0.39 is 30.1 Å². The number of unbranched alkanes of at least 4 members (excludes halogenated alkanes) is 10. The highest BCUT2D eigenvalue weighted by atomic mass is 16.5. The van der Waals surface area contributed by atoms with Gasteiger partial charge in [0.15, 0.2) is 0 Å². The minimum Gasteiger partial charge on any atom is -0.494 e. The number of ketones is 2. The summed E-state index contributed by atoms with van der Waals surface area (Å²) in [5.74, 6) is -2.14. The van der Waals surface area contributed by atoms with Crippen LogP contribution in [-0.2, 0) is 28.8 Å². The van der Waals surface area contributed by atoms with E-state index in [4.69, 9.17) is 21.3 Å². The summed E-state index contributed by atoms with van der Waals surface area (Å²) in [4.78, 5) is 83.2. The molecule has 15 nitrogen and oxygen atoms in total. The van der Waals surface area contributed by atoms with Crippen LogP contribution in [0.25, 0.3) is 0 Å². The number of carbonyl (C=O) groups excluding carboxylic acids is 5. The first-order valence-electron chi connectivity index (χ1n) is 21.3. The number of rotatable bonds is 36. The van der Waals surface area contributed by atoms with Gasteiger partial charge in [0, 0.05) is 38.3 Å². The number of nitrogens with one attached hydrogen (secondary N) is 3. The summed E-state index contributed by atoms with van der Waals surface area (Å²) in [5, 5.41) is 26.7. The average molecular weight is 818 g/mol.